The number of hydrogen-bond donors (Lipinski definition) is 2. The van der Waals surface area contributed by atoms with Crippen molar-refractivity contribution in [2.75, 3.05) is 23.4 Å². The highest BCUT2D eigenvalue weighted by atomic mass is 16.5. The summed E-state index contributed by atoms with van der Waals surface area (Å²) in [6.45, 7) is 9.21. The van der Waals surface area contributed by atoms with Crippen molar-refractivity contribution in [3.8, 4) is 0 Å². The van der Waals surface area contributed by atoms with Crippen LogP contribution in [-0.4, -0.2) is 51.8 Å². The molecule has 0 aliphatic carbocycles. The second-order valence-electron chi connectivity index (χ2n) is 12.9. The highest BCUT2D eigenvalue weighted by molar-refractivity contribution is 6.07. The molecule has 0 unspecified atom stereocenters. The number of amidine groups is 1. The molecule has 2 heterocycles. The number of ether oxygens (including phenoxy) is 1. The van der Waals surface area contributed by atoms with Crippen molar-refractivity contribution in [1.29, 1.82) is 0 Å². The number of carbonyl (C=O) groups excluding carboxylic acids is 3. The average molecular weight is 704 g/mol. The zero-order chi connectivity index (χ0) is 37.5. The first-order chi connectivity index (χ1) is 25.0. The zero-order valence-electron chi connectivity index (χ0n) is 30.8. The third-order valence-corrected chi connectivity index (χ3v) is 8.47. The Morgan fingerprint density at radius 1 is 0.923 bits per heavy atom. The number of pyridine rings is 1. The predicted octanol–water partition coefficient (Wildman–Crippen LogP) is 8.08. The van der Waals surface area contributed by atoms with E-state index in [1.165, 1.54) is 16.0 Å². The molecule has 0 bridgehead atoms. The van der Waals surface area contributed by atoms with E-state index in [-0.39, 0.29) is 31.3 Å². The highest BCUT2D eigenvalue weighted by Gasteiger charge is 2.20. The van der Waals surface area contributed by atoms with E-state index < -0.39 is 6.09 Å². The third kappa shape index (κ3) is 11.6. The van der Waals surface area contributed by atoms with Gasteiger partial charge in [-0.25, -0.2) is 14.8 Å². The molecular weight excluding hydrogens is 654 g/mol. The Morgan fingerprint density at radius 3 is 2.33 bits per heavy atom. The fraction of sp³-hybridized carbons (Fsp3) is 0.317. The maximum atomic E-state index is 13.5. The van der Waals surface area contributed by atoms with Crippen LogP contribution in [0.1, 0.15) is 81.5 Å². The quantitative estimate of drug-likeness (QED) is 0.0486. The molecule has 0 spiro atoms. The first-order valence-electron chi connectivity index (χ1n) is 17.5. The first-order valence-corrected chi connectivity index (χ1v) is 17.5. The Morgan fingerprint density at radius 2 is 1.63 bits per heavy atom. The third-order valence-electron chi connectivity index (χ3n) is 8.47. The topological polar surface area (TPSA) is 145 Å². The molecule has 0 atom stereocenters. The molecule has 0 saturated heterocycles. The summed E-state index contributed by atoms with van der Waals surface area (Å²) in [5.74, 6) is 1.06. The Kier molecular flexibility index (Phi) is 14.6. The molecule has 0 fully saturated rings. The minimum Gasteiger partial charge on any atom is -0.444 e. The molecule has 2 aromatic heterocycles. The van der Waals surface area contributed by atoms with Gasteiger partial charge in [0.25, 0.3) is 5.91 Å². The molecule has 0 aliphatic rings. The maximum Gasteiger partial charge on any atom is 0.435 e. The van der Waals surface area contributed by atoms with Crippen LogP contribution >= 0.6 is 0 Å². The summed E-state index contributed by atoms with van der Waals surface area (Å²) in [4.78, 5) is 51.3. The zero-order valence-corrected chi connectivity index (χ0v) is 30.8. The van der Waals surface area contributed by atoms with Crippen LogP contribution in [0, 0.1) is 0 Å². The lowest BCUT2D eigenvalue weighted by atomic mass is 10.1. The van der Waals surface area contributed by atoms with E-state index in [0.29, 0.717) is 29.0 Å². The van der Waals surface area contributed by atoms with Gasteiger partial charge in [-0.2, -0.15) is 4.99 Å². The monoisotopic (exact) mass is 703 g/mol. The number of imidazole rings is 1. The molecule has 11 heteroatoms. The average Bonchev–Trinajstić information content (AvgIpc) is 3.45. The van der Waals surface area contributed by atoms with Crippen molar-refractivity contribution >= 4 is 46.7 Å². The lowest BCUT2D eigenvalue weighted by Gasteiger charge is -2.20. The molecule has 0 aliphatic heterocycles. The Labute approximate surface area is 306 Å². The molecule has 272 valence electrons. The van der Waals surface area contributed by atoms with Crippen LogP contribution in [-0.2, 0) is 23.1 Å². The van der Waals surface area contributed by atoms with Gasteiger partial charge >= 0.3 is 6.09 Å². The van der Waals surface area contributed by atoms with Gasteiger partial charge in [-0.15, -0.1) is 0 Å². The number of carbonyl (C=O) groups is 3. The fourth-order valence-electron chi connectivity index (χ4n) is 5.44. The lowest BCUT2D eigenvalue weighted by molar-refractivity contribution is -0.107. The fourth-order valence-corrected chi connectivity index (χ4v) is 5.44. The van der Waals surface area contributed by atoms with Crippen LogP contribution in [0.3, 0.4) is 0 Å². The number of nitrogens with two attached hydrogens (primary N) is 1. The Balaban J connectivity index is 1.29. The number of fused-ring (bicyclic) bond motifs is 1. The van der Waals surface area contributed by atoms with E-state index in [2.05, 4.69) is 48.2 Å². The SMILES string of the molecule is CC(C)=CCC/C(C)=C/CC/C(C)=C/COC(=O)/N=C(/N)c1ccc(NCc2nc3cc(C(=O)N(CCC=O)c4ccccn4)ccc3n2C)cc1. The van der Waals surface area contributed by atoms with E-state index >= 15 is 0 Å². The van der Waals surface area contributed by atoms with Crippen molar-refractivity contribution in [3.63, 3.8) is 0 Å². The van der Waals surface area contributed by atoms with Crippen molar-refractivity contribution < 1.29 is 19.1 Å². The number of hydrogen-bond acceptors (Lipinski definition) is 7. The normalized spacial score (nSPS) is 12.1. The summed E-state index contributed by atoms with van der Waals surface area (Å²) in [7, 11) is 1.92. The number of aldehydes is 1. The van der Waals surface area contributed by atoms with E-state index in [0.717, 1.165) is 54.6 Å². The maximum absolute atomic E-state index is 13.5. The summed E-state index contributed by atoms with van der Waals surface area (Å²) in [6, 6.07) is 17.9. The van der Waals surface area contributed by atoms with Gasteiger partial charge in [0, 0.05) is 43.0 Å². The van der Waals surface area contributed by atoms with Crippen molar-refractivity contribution in [3.05, 3.63) is 119 Å². The minimum atomic E-state index is -0.740. The second kappa shape index (κ2) is 19.5. The number of rotatable bonds is 17. The number of allylic oxidation sites excluding steroid dienone is 5. The van der Waals surface area contributed by atoms with Gasteiger partial charge in [-0.05, 0) is 114 Å². The molecule has 11 nitrogen and oxygen atoms in total. The highest BCUT2D eigenvalue weighted by Crippen LogP contribution is 2.21. The number of amides is 2. The molecular formula is C41H49N7O4. The molecule has 0 radical (unpaired) electrons. The molecule has 3 N–H and O–H groups in total. The minimum absolute atomic E-state index is 0.0689. The van der Waals surface area contributed by atoms with Gasteiger partial charge in [0.1, 0.15) is 30.4 Å². The number of aromatic nitrogens is 3. The standard InChI is InChI=1S/C41H49N7O4/c1-29(2)11-8-12-30(3)13-9-14-31(4)22-26-52-41(51)46-39(42)32-16-19-34(20-17-32)44-28-38-45-35-27-33(18-21-36(35)47(38)5)40(50)48(24-10-25-49)37-15-6-7-23-43-37/h6-7,11,13,15-23,25,27,44H,8-10,12,14,24,26,28H2,1-5H3,(H2,42,46,51)/b30-13+,31-22+. The second-order valence-corrected chi connectivity index (χ2v) is 12.9. The van der Waals surface area contributed by atoms with Gasteiger partial charge in [0.15, 0.2) is 0 Å². The molecule has 0 saturated carbocycles. The number of aliphatic imine (C=N–C) groups is 1. The number of benzene rings is 2. The summed E-state index contributed by atoms with van der Waals surface area (Å²) in [6.07, 6.45) is 12.3. The number of aryl methyl sites for hydroxylation is 1. The number of nitrogens with one attached hydrogen (secondary N) is 1. The van der Waals surface area contributed by atoms with E-state index in [1.54, 1.807) is 48.7 Å². The van der Waals surface area contributed by atoms with Crippen molar-refractivity contribution in [2.24, 2.45) is 17.8 Å². The summed E-state index contributed by atoms with van der Waals surface area (Å²) in [5, 5.41) is 3.36. The van der Waals surface area contributed by atoms with Crippen LogP contribution in [0.15, 0.2) is 107 Å². The van der Waals surface area contributed by atoms with E-state index in [9.17, 15) is 14.4 Å². The summed E-state index contributed by atoms with van der Waals surface area (Å²) < 4.78 is 7.23. The molecule has 2 aromatic carbocycles. The van der Waals surface area contributed by atoms with Gasteiger partial charge in [-0.3, -0.25) is 9.69 Å². The first kappa shape index (κ1) is 39.0. The van der Waals surface area contributed by atoms with E-state index in [4.69, 9.17) is 15.5 Å². The molecule has 4 aromatic rings. The van der Waals surface area contributed by atoms with Crippen LogP contribution in [0.2, 0.25) is 0 Å². The molecule has 4 rings (SSSR count). The van der Waals surface area contributed by atoms with Crippen LogP contribution in [0.25, 0.3) is 11.0 Å². The lowest BCUT2D eigenvalue weighted by Crippen LogP contribution is -2.32. The van der Waals surface area contributed by atoms with Crippen LogP contribution in [0.5, 0.6) is 0 Å². The Bertz CT molecular complexity index is 1950. The van der Waals surface area contributed by atoms with Gasteiger partial charge < -0.3 is 25.1 Å². The van der Waals surface area contributed by atoms with Crippen molar-refractivity contribution in [1.82, 2.24) is 14.5 Å². The molecule has 2 amide bonds. The number of nitrogens with zero attached hydrogens (tertiary/aromatic N) is 5. The smallest absolute Gasteiger partial charge is 0.435 e. The summed E-state index contributed by atoms with van der Waals surface area (Å²) >= 11 is 0. The van der Waals surface area contributed by atoms with Gasteiger partial charge in [0.2, 0.25) is 0 Å². The van der Waals surface area contributed by atoms with Gasteiger partial charge in [0.05, 0.1) is 17.6 Å². The van der Waals surface area contributed by atoms with E-state index in [1.807, 2.05) is 42.8 Å². The summed E-state index contributed by atoms with van der Waals surface area (Å²) in [5.41, 5.74) is 13.4. The van der Waals surface area contributed by atoms with Crippen LogP contribution in [0.4, 0.5) is 16.3 Å². The Hall–Kier alpha value is -5.84. The van der Waals surface area contributed by atoms with Crippen molar-refractivity contribution in [2.45, 2.75) is 66.3 Å². The number of anilines is 2. The van der Waals surface area contributed by atoms with Gasteiger partial charge in [-0.1, -0.05) is 34.9 Å². The largest absolute Gasteiger partial charge is 0.444 e. The van der Waals surface area contributed by atoms with Crippen LogP contribution < -0.4 is 16.0 Å². The molecule has 52 heavy (non-hydrogen) atoms. The predicted molar refractivity (Wildman–Crippen MR) is 209 cm³/mol.